The Balaban J connectivity index is 1.47. The van der Waals surface area contributed by atoms with Gasteiger partial charge in [-0.3, -0.25) is 14.5 Å². The molecular formula is C29H29FN2O4. The van der Waals surface area contributed by atoms with E-state index >= 15 is 0 Å². The Morgan fingerprint density at radius 3 is 2.56 bits per heavy atom. The molecule has 36 heavy (non-hydrogen) atoms. The van der Waals surface area contributed by atoms with Crippen molar-refractivity contribution in [2.75, 3.05) is 18.1 Å². The number of hydrogen-bond donors (Lipinski definition) is 1. The molecule has 186 valence electrons. The predicted octanol–water partition coefficient (Wildman–Crippen LogP) is 5.65. The number of carbonyl (C=O) groups is 2. The van der Waals surface area contributed by atoms with Crippen molar-refractivity contribution in [1.29, 1.82) is 0 Å². The van der Waals surface area contributed by atoms with Gasteiger partial charge >= 0.3 is 0 Å². The van der Waals surface area contributed by atoms with Gasteiger partial charge in [-0.05, 0) is 55.3 Å². The fourth-order valence-corrected chi connectivity index (χ4v) is 3.85. The van der Waals surface area contributed by atoms with Crippen LogP contribution in [0.25, 0.3) is 6.08 Å². The smallest absolute Gasteiger partial charge is 0.294 e. The number of unbranched alkanes of at least 4 members (excludes halogenated alkanes) is 1. The van der Waals surface area contributed by atoms with Gasteiger partial charge in [0.25, 0.3) is 5.91 Å². The first kappa shape index (κ1) is 25.0. The molecular weight excluding hydrogens is 459 g/mol. The van der Waals surface area contributed by atoms with Gasteiger partial charge < -0.3 is 14.8 Å². The van der Waals surface area contributed by atoms with Gasteiger partial charge in [-0.25, -0.2) is 4.39 Å². The second kappa shape index (κ2) is 11.5. The number of halogens is 1. The van der Waals surface area contributed by atoms with Gasteiger partial charge in [0.1, 0.15) is 18.1 Å². The van der Waals surface area contributed by atoms with Gasteiger partial charge in [-0.15, -0.1) is 0 Å². The van der Waals surface area contributed by atoms with E-state index in [1.807, 2.05) is 31.2 Å². The number of benzene rings is 3. The highest BCUT2D eigenvalue weighted by atomic mass is 19.1. The van der Waals surface area contributed by atoms with E-state index in [-0.39, 0.29) is 29.8 Å². The number of amides is 2. The maximum Gasteiger partial charge on any atom is 0.294 e. The Bertz CT molecular complexity index is 1260. The minimum atomic E-state index is -0.520. The Hall–Kier alpha value is -4.13. The lowest BCUT2D eigenvalue weighted by Gasteiger charge is -2.30. The molecule has 0 saturated carbocycles. The highest BCUT2D eigenvalue weighted by Crippen LogP contribution is 2.35. The maximum absolute atomic E-state index is 14.2. The van der Waals surface area contributed by atoms with Crippen LogP contribution < -0.4 is 19.7 Å². The molecule has 2 amide bonds. The molecule has 3 aromatic carbocycles. The number of nitrogens with one attached hydrogen (secondary N) is 1. The number of anilines is 1. The Morgan fingerprint density at radius 1 is 1.08 bits per heavy atom. The van der Waals surface area contributed by atoms with Crippen molar-refractivity contribution >= 4 is 23.6 Å². The number of nitrogens with zero attached hydrogens (tertiary/aromatic N) is 1. The van der Waals surface area contributed by atoms with Gasteiger partial charge in [0.2, 0.25) is 5.91 Å². The van der Waals surface area contributed by atoms with E-state index in [9.17, 15) is 14.0 Å². The SMILES string of the molecule is CCCCOc1ccc([C@@H](C)NC(=O)CN2C(=O)/C(=C\c3ccccc3F)Oc3ccccc32)cc1. The zero-order chi connectivity index (χ0) is 25.5. The van der Waals surface area contributed by atoms with Crippen molar-refractivity contribution < 1.29 is 23.5 Å². The average molecular weight is 489 g/mol. The molecule has 0 saturated heterocycles. The molecule has 0 fully saturated rings. The monoisotopic (exact) mass is 488 g/mol. The van der Waals surface area contributed by atoms with Gasteiger partial charge in [0, 0.05) is 5.56 Å². The van der Waals surface area contributed by atoms with Crippen molar-refractivity contribution in [1.82, 2.24) is 5.32 Å². The summed E-state index contributed by atoms with van der Waals surface area (Å²) < 4.78 is 25.7. The highest BCUT2D eigenvalue weighted by Gasteiger charge is 2.32. The van der Waals surface area contributed by atoms with Crippen molar-refractivity contribution in [2.24, 2.45) is 0 Å². The summed E-state index contributed by atoms with van der Waals surface area (Å²) in [4.78, 5) is 27.6. The van der Waals surface area contributed by atoms with E-state index in [0.29, 0.717) is 18.0 Å². The minimum absolute atomic E-state index is 0.0571. The Morgan fingerprint density at radius 2 is 1.81 bits per heavy atom. The maximum atomic E-state index is 14.2. The van der Waals surface area contributed by atoms with E-state index in [0.717, 1.165) is 24.2 Å². The third-order valence-electron chi connectivity index (χ3n) is 5.85. The quantitative estimate of drug-likeness (QED) is 0.312. The molecule has 3 aromatic rings. The number of para-hydroxylation sites is 2. The van der Waals surface area contributed by atoms with E-state index in [2.05, 4.69) is 12.2 Å². The predicted molar refractivity (Wildman–Crippen MR) is 137 cm³/mol. The molecule has 4 rings (SSSR count). The molecule has 1 aliphatic rings. The molecule has 0 radical (unpaired) electrons. The molecule has 7 heteroatoms. The molecule has 1 aliphatic heterocycles. The topological polar surface area (TPSA) is 67.9 Å². The summed E-state index contributed by atoms with van der Waals surface area (Å²) in [5.41, 5.74) is 1.62. The number of ether oxygens (including phenoxy) is 2. The fraction of sp³-hybridized carbons (Fsp3) is 0.241. The van der Waals surface area contributed by atoms with Crippen LogP contribution in [0.4, 0.5) is 10.1 Å². The van der Waals surface area contributed by atoms with Crippen LogP contribution >= 0.6 is 0 Å². The number of fused-ring (bicyclic) bond motifs is 1. The molecule has 0 spiro atoms. The van der Waals surface area contributed by atoms with Gasteiger partial charge in [0.15, 0.2) is 11.5 Å². The van der Waals surface area contributed by atoms with E-state index in [1.54, 1.807) is 42.5 Å². The third-order valence-corrected chi connectivity index (χ3v) is 5.85. The molecule has 0 aliphatic carbocycles. The lowest BCUT2D eigenvalue weighted by molar-refractivity contribution is -0.123. The molecule has 0 bridgehead atoms. The summed E-state index contributed by atoms with van der Waals surface area (Å²) in [7, 11) is 0. The van der Waals surface area contributed by atoms with Crippen LogP contribution in [-0.4, -0.2) is 25.0 Å². The normalized spacial score (nSPS) is 14.7. The fourth-order valence-electron chi connectivity index (χ4n) is 3.85. The first-order valence-electron chi connectivity index (χ1n) is 12.0. The second-order valence-electron chi connectivity index (χ2n) is 8.55. The highest BCUT2D eigenvalue weighted by molar-refractivity contribution is 6.12. The van der Waals surface area contributed by atoms with Crippen LogP contribution in [0.5, 0.6) is 11.5 Å². The second-order valence-corrected chi connectivity index (χ2v) is 8.55. The Labute approximate surface area is 210 Å². The number of rotatable bonds is 9. The van der Waals surface area contributed by atoms with Crippen molar-refractivity contribution in [3.63, 3.8) is 0 Å². The largest absolute Gasteiger partial charge is 0.494 e. The molecule has 0 aromatic heterocycles. The zero-order valence-electron chi connectivity index (χ0n) is 20.4. The van der Waals surface area contributed by atoms with Gasteiger partial charge in [0.05, 0.1) is 18.3 Å². The van der Waals surface area contributed by atoms with E-state index in [1.165, 1.54) is 17.0 Å². The lowest BCUT2D eigenvalue weighted by Crippen LogP contribution is -2.44. The molecule has 6 nitrogen and oxygen atoms in total. The van der Waals surface area contributed by atoms with Gasteiger partial charge in [-0.1, -0.05) is 55.8 Å². The standard InChI is InChI=1S/C29H29FN2O4/c1-3-4-17-35-23-15-13-21(14-16-23)20(2)31-28(33)19-32-25-11-7-8-12-26(25)36-27(29(32)34)18-22-9-5-6-10-24(22)30/h5-16,18,20H,3-4,17,19H2,1-2H3,(H,31,33)/b27-18+/t20-/m1/s1. The van der Waals surface area contributed by atoms with Crippen LogP contribution in [-0.2, 0) is 9.59 Å². The van der Waals surface area contributed by atoms with Crippen LogP contribution in [0.3, 0.4) is 0 Å². The van der Waals surface area contributed by atoms with E-state index in [4.69, 9.17) is 9.47 Å². The summed E-state index contributed by atoms with van der Waals surface area (Å²) in [5, 5.41) is 2.95. The van der Waals surface area contributed by atoms with Crippen LogP contribution in [0.15, 0.2) is 78.6 Å². The van der Waals surface area contributed by atoms with Crippen LogP contribution in [0.2, 0.25) is 0 Å². The van der Waals surface area contributed by atoms with Crippen LogP contribution in [0.1, 0.15) is 43.9 Å². The first-order valence-corrected chi connectivity index (χ1v) is 12.0. The zero-order valence-corrected chi connectivity index (χ0v) is 20.4. The van der Waals surface area contributed by atoms with Crippen LogP contribution in [0, 0.1) is 5.82 Å². The first-order chi connectivity index (χ1) is 17.5. The average Bonchev–Trinajstić information content (AvgIpc) is 2.88. The summed E-state index contributed by atoms with van der Waals surface area (Å²) in [5.74, 6) is -0.178. The molecule has 1 N–H and O–H groups in total. The van der Waals surface area contributed by atoms with Gasteiger partial charge in [-0.2, -0.15) is 0 Å². The number of hydrogen-bond acceptors (Lipinski definition) is 4. The summed E-state index contributed by atoms with van der Waals surface area (Å²) in [6.07, 6.45) is 3.41. The lowest BCUT2D eigenvalue weighted by atomic mass is 10.1. The minimum Gasteiger partial charge on any atom is -0.494 e. The van der Waals surface area contributed by atoms with Crippen molar-refractivity contribution in [2.45, 2.75) is 32.7 Å². The molecule has 1 atom stereocenters. The molecule has 0 unspecified atom stereocenters. The Kier molecular flexibility index (Phi) is 8.00. The summed E-state index contributed by atoms with van der Waals surface area (Å²) in [6, 6.07) is 20.4. The van der Waals surface area contributed by atoms with Crippen molar-refractivity contribution in [3.8, 4) is 11.5 Å². The summed E-state index contributed by atoms with van der Waals surface area (Å²) in [6.45, 7) is 4.45. The third kappa shape index (κ3) is 5.92. The van der Waals surface area contributed by atoms with Crippen molar-refractivity contribution in [3.05, 3.63) is 95.5 Å². The number of carbonyl (C=O) groups excluding carboxylic acids is 2. The summed E-state index contributed by atoms with van der Waals surface area (Å²) >= 11 is 0. The molecule has 1 heterocycles. The van der Waals surface area contributed by atoms with E-state index < -0.39 is 11.7 Å².